The van der Waals surface area contributed by atoms with E-state index in [-0.39, 0.29) is 12.6 Å². The van der Waals surface area contributed by atoms with Crippen LogP contribution in [0.2, 0.25) is 0 Å². The zero-order chi connectivity index (χ0) is 18.0. The average molecular weight is 408 g/mol. The second-order valence-corrected chi connectivity index (χ2v) is 6.68. The third-order valence-corrected chi connectivity index (χ3v) is 4.36. The summed E-state index contributed by atoms with van der Waals surface area (Å²) in [5.74, 6) is 0.737. The van der Waals surface area contributed by atoms with Gasteiger partial charge in [0.05, 0.1) is 17.8 Å². The molecule has 0 radical (unpaired) electrons. The first kappa shape index (κ1) is 17.6. The van der Waals surface area contributed by atoms with Crippen LogP contribution in [0.3, 0.4) is 0 Å². The molecule has 0 aromatic carbocycles. The van der Waals surface area contributed by atoms with Gasteiger partial charge in [-0.15, -0.1) is 0 Å². The van der Waals surface area contributed by atoms with E-state index in [1.54, 1.807) is 25.4 Å². The van der Waals surface area contributed by atoms with Crippen molar-refractivity contribution in [2.75, 3.05) is 16.8 Å². The van der Waals surface area contributed by atoms with E-state index < -0.39 is 18.2 Å². The number of carbonyl (C=O) groups excluding carboxylic acids is 1. The minimum atomic E-state index is -0.733. The smallest absolute Gasteiger partial charge is 0.416 e. The predicted molar refractivity (Wildman–Crippen MR) is 95.3 cm³/mol. The van der Waals surface area contributed by atoms with E-state index in [0.717, 1.165) is 10.2 Å². The van der Waals surface area contributed by atoms with Crippen LogP contribution in [0.25, 0.3) is 0 Å². The summed E-state index contributed by atoms with van der Waals surface area (Å²) in [6.07, 6.45) is 2.01. The quantitative estimate of drug-likeness (QED) is 0.784. The van der Waals surface area contributed by atoms with E-state index in [9.17, 15) is 9.90 Å². The second kappa shape index (κ2) is 7.32. The van der Waals surface area contributed by atoms with E-state index in [1.165, 1.54) is 4.90 Å². The van der Waals surface area contributed by atoms with Crippen molar-refractivity contribution in [2.24, 2.45) is 0 Å². The van der Waals surface area contributed by atoms with Crippen molar-refractivity contribution in [2.45, 2.75) is 32.0 Å². The number of anilines is 2. The first-order valence-corrected chi connectivity index (χ1v) is 8.60. The van der Waals surface area contributed by atoms with Gasteiger partial charge in [-0.2, -0.15) is 4.98 Å². The van der Waals surface area contributed by atoms with Gasteiger partial charge in [-0.1, -0.05) is 0 Å². The molecule has 2 aromatic rings. The number of cyclic esters (lactones) is 1. The van der Waals surface area contributed by atoms with Crippen molar-refractivity contribution < 1.29 is 14.6 Å². The summed E-state index contributed by atoms with van der Waals surface area (Å²) in [6.45, 7) is 3.68. The summed E-state index contributed by atoms with van der Waals surface area (Å²) < 4.78 is 5.93. The van der Waals surface area contributed by atoms with Crippen molar-refractivity contribution in [1.82, 2.24) is 15.0 Å². The molecule has 1 saturated heterocycles. The molecule has 25 heavy (non-hydrogen) atoms. The first-order valence-electron chi connectivity index (χ1n) is 7.81. The molecular weight excluding hydrogens is 390 g/mol. The van der Waals surface area contributed by atoms with Gasteiger partial charge in [0.1, 0.15) is 18.5 Å². The fraction of sp³-hybridized carbons (Fsp3) is 0.375. The van der Waals surface area contributed by atoms with Crippen molar-refractivity contribution in [3.8, 4) is 0 Å². The van der Waals surface area contributed by atoms with Crippen molar-refractivity contribution in [3.05, 3.63) is 40.8 Å². The third-order valence-electron chi connectivity index (χ3n) is 3.89. The molecule has 1 fully saturated rings. The molecule has 2 N–H and O–H groups in total. The zero-order valence-electron chi connectivity index (χ0n) is 13.8. The Morgan fingerprint density at radius 2 is 2.16 bits per heavy atom. The molecule has 0 unspecified atom stereocenters. The largest absolute Gasteiger partial charge is 0.447 e. The number of halogens is 1. The molecular formula is C16H18BrN5O3. The predicted octanol–water partition coefficient (Wildman–Crippen LogP) is 2.51. The van der Waals surface area contributed by atoms with E-state index in [0.29, 0.717) is 11.8 Å². The summed E-state index contributed by atoms with van der Waals surface area (Å²) >= 11 is 3.35. The molecule has 2 aromatic heterocycles. The summed E-state index contributed by atoms with van der Waals surface area (Å²) in [5.41, 5.74) is 0.833. The minimum Gasteiger partial charge on any atom is -0.447 e. The maximum absolute atomic E-state index is 12.0. The lowest BCUT2D eigenvalue weighted by Gasteiger charge is -2.23. The highest BCUT2D eigenvalue weighted by Crippen LogP contribution is 2.24. The number of aliphatic hydroxyl groups is 1. The van der Waals surface area contributed by atoms with Crippen LogP contribution in [-0.2, 0) is 4.74 Å². The van der Waals surface area contributed by atoms with E-state index in [2.05, 4.69) is 36.2 Å². The number of rotatable bonds is 5. The number of ether oxygens (including phenoxy) is 1. The first-order chi connectivity index (χ1) is 12.0. The van der Waals surface area contributed by atoms with E-state index >= 15 is 0 Å². The normalized spacial score (nSPS) is 19.4. The van der Waals surface area contributed by atoms with Crippen LogP contribution in [0.1, 0.15) is 25.6 Å². The highest BCUT2D eigenvalue weighted by Gasteiger charge is 2.38. The Morgan fingerprint density at radius 3 is 2.84 bits per heavy atom. The molecule has 9 heteroatoms. The number of hydrogen-bond donors (Lipinski definition) is 2. The summed E-state index contributed by atoms with van der Waals surface area (Å²) in [7, 11) is 0. The number of nitrogens with zero attached hydrogens (tertiary/aromatic N) is 4. The van der Waals surface area contributed by atoms with E-state index in [1.807, 2.05) is 19.1 Å². The van der Waals surface area contributed by atoms with E-state index in [4.69, 9.17) is 4.74 Å². The molecule has 0 bridgehead atoms. The van der Waals surface area contributed by atoms with Crippen LogP contribution in [0, 0.1) is 0 Å². The highest BCUT2D eigenvalue weighted by atomic mass is 79.9. The Morgan fingerprint density at radius 1 is 1.36 bits per heavy atom. The molecule has 1 aliphatic rings. The SMILES string of the molecule is C[C@@H](Nc1nccc(N2C(=O)OC[C@@H]2[C@@H](C)O)n1)c1ccc(Br)cn1. The van der Waals surface area contributed by atoms with Crippen LogP contribution in [0.5, 0.6) is 0 Å². The maximum atomic E-state index is 12.0. The van der Waals surface area contributed by atoms with Crippen molar-refractivity contribution >= 4 is 33.8 Å². The Hall–Kier alpha value is -2.26. The Balaban J connectivity index is 1.79. The standard InChI is InChI=1S/C16H18BrN5O3/c1-9(12-4-3-11(17)7-19-12)20-15-18-6-5-14(21-15)22-13(10(2)23)8-25-16(22)24/h3-7,9-10,13,23H,8H2,1-2H3,(H,18,20,21)/t9-,10-,13-/m1/s1. The van der Waals surface area contributed by atoms with Crippen molar-refractivity contribution in [3.63, 3.8) is 0 Å². The van der Waals surface area contributed by atoms with Crippen LogP contribution < -0.4 is 10.2 Å². The molecule has 0 saturated carbocycles. The van der Waals surface area contributed by atoms with Crippen LogP contribution in [-0.4, -0.2) is 44.9 Å². The lowest BCUT2D eigenvalue weighted by molar-refractivity contribution is 0.142. The number of pyridine rings is 1. The maximum Gasteiger partial charge on any atom is 0.416 e. The van der Waals surface area contributed by atoms with Gasteiger partial charge in [0.2, 0.25) is 5.95 Å². The Bertz CT molecular complexity index is 756. The highest BCUT2D eigenvalue weighted by molar-refractivity contribution is 9.10. The molecule has 3 rings (SSSR count). The lowest BCUT2D eigenvalue weighted by atomic mass is 10.2. The molecule has 0 aliphatic carbocycles. The van der Waals surface area contributed by atoms with Gasteiger partial charge in [0.25, 0.3) is 0 Å². The fourth-order valence-corrected chi connectivity index (χ4v) is 2.75. The lowest BCUT2D eigenvalue weighted by Crippen LogP contribution is -2.41. The summed E-state index contributed by atoms with van der Waals surface area (Å²) in [5, 5.41) is 13.0. The zero-order valence-corrected chi connectivity index (χ0v) is 15.3. The molecule has 0 spiro atoms. The Kier molecular flexibility index (Phi) is 5.14. The van der Waals surface area contributed by atoms with Gasteiger partial charge in [-0.25, -0.2) is 9.78 Å². The monoisotopic (exact) mass is 407 g/mol. The number of carbonyl (C=O) groups is 1. The molecule has 1 amide bonds. The fourth-order valence-electron chi connectivity index (χ4n) is 2.52. The van der Waals surface area contributed by atoms with Gasteiger partial charge in [-0.3, -0.25) is 9.88 Å². The second-order valence-electron chi connectivity index (χ2n) is 5.76. The number of hydrogen-bond acceptors (Lipinski definition) is 7. The summed E-state index contributed by atoms with van der Waals surface area (Å²) in [4.78, 5) is 26.2. The van der Waals surface area contributed by atoms with Crippen LogP contribution in [0.15, 0.2) is 35.1 Å². The van der Waals surface area contributed by atoms with Gasteiger partial charge in [-0.05, 0) is 48.0 Å². The van der Waals surface area contributed by atoms with Crippen molar-refractivity contribution in [1.29, 1.82) is 0 Å². The molecule has 8 nitrogen and oxygen atoms in total. The molecule has 3 atom stereocenters. The van der Waals surface area contributed by atoms with Gasteiger partial charge < -0.3 is 15.2 Å². The van der Waals surface area contributed by atoms with Gasteiger partial charge >= 0.3 is 6.09 Å². The number of aromatic nitrogens is 3. The van der Waals surface area contributed by atoms with Gasteiger partial charge in [0, 0.05) is 16.9 Å². The number of amides is 1. The van der Waals surface area contributed by atoms with Gasteiger partial charge in [0.15, 0.2) is 0 Å². The average Bonchev–Trinajstić information content (AvgIpc) is 2.97. The molecule has 132 valence electrons. The third kappa shape index (κ3) is 3.88. The Labute approximate surface area is 153 Å². The number of aliphatic hydroxyl groups excluding tert-OH is 1. The number of nitrogens with one attached hydrogen (secondary N) is 1. The van der Waals surface area contributed by atoms with Crippen LogP contribution >= 0.6 is 15.9 Å². The molecule has 1 aliphatic heterocycles. The minimum absolute atomic E-state index is 0.124. The molecule has 3 heterocycles. The van der Waals surface area contributed by atoms with Crippen LogP contribution in [0.4, 0.5) is 16.6 Å². The topological polar surface area (TPSA) is 100 Å². The summed E-state index contributed by atoms with van der Waals surface area (Å²) in [6, 6.07) is 4.82.